The van der Waals surface area contributed by atoms with Gasteiger partial charge in [-0.2, -0.15) is 5.10 Å². The molecular formula is C16H14FN3S2. The van der Waals surface area contributed by atoms with Crippen molar-refractivity contribution < 1.29 is 4.39 Å². The molecule has 0 radical (unpaired) electrons. The average Bonchev–Trinajstić information content (AvgIpc) is 3.15. The van der Waals surface area contributed by atoms with Crippen LogP contribution < -0.4 is 4.80 Å². The summed E-state index contributed by atoms with van der Waals surface area (Å²) in [4.78, 5) is 6.43. The number of rotatable bonds is 4. The molecule has 0 spiro atoms. The Labute approximate surface area is 135 Å². The number of thiazole rings is 1. The molecule has 0 aliphatic heterocycles. The van der Waals surface area contributed by atoms with Crippen LogP contribution in [0.25, 0.3) is 10.6 Å². The van der Waals surface area contributed by atoms with Crippen molar-refractivity contribution in [1.82, 2.24) is 4.68 Å². The Hall–Kier alpha value is -2.05. The van der Waals surface area contributed by atoms with Gasteiger partial charge in [0.25, 0.3) is 0 Å². The second-order valence-corrected chi connectivity index (χ2v) is 6.25. The van der Waals surface area contributed by atoms with Crippen LogP contribution in [-0.2, 0) is 0 Å². The standard InChI is InChI=1S/C16H14FN3S2/c1-2-18-16-20(14(11-22-16)15-7-4-8-21-15)19-10-12-5-3-6-13(17)9-12/h3-11H,2H2,1H3. The highest BCUT2D eigenvalue weighted by Gasteiger charge is 2.07. The summed E-state index contributed by atoms with van der Waals surface area (Å²) in [6, 6.07) is 10.4. The molecule has 3 rings (SSSR count). The summed E-state index contributed by atoms with van der Waals surface area (Å²) in [6.45, 7) is 2.69. The van der Waals surface area contributed by atoms with Gasteiger partial charge < -0.3 is 0 Å². The minimum Gasteiger partial charge on any atom is -0.258 e. The molecule has 112 valence electrons. The van der Waals surface area contributed by atoms with Crippen LogP contribution in [0.15, 0.2) is 57.3 Å². The van der Waals surface area contributed by atoms with E-state index in [2.05, 4.69) is 16.2 Å². The monoisotopic (exact) mass is 331 g/mol. The molecule has 3 aromatic rings. The molecule has 0 saturated carbocycles. The van der Waals surface area contributed by atoms with E-state index in [0.717, 1.165) is 20.9 Å². The van der Waals surface area contributed by atoms with Gasteiger partial charge >= 0.3 is 0 Å². The number of nitrogens with zero attached hydrogens (tertiary/aromatic N) is 3. The van der Waals surface area contributed by atoms with Gasteiger partial charge in [-0.15, -0.1) is 22.7 Å². The van der Waals surface area contributed by atoms with Crippen LogP contribution in [0.2, 0.25) is 0 Å². The number of aromatic nitrogens is 1. The molecular weight excluding hydrogens is 317 g/mol. The maximum Gasteiger partial charge on any atom is 0.206 e. The van der Waals surface area contributed by atoms with Crippen LogP contribution in [0.3, 0.4) is 0 Å². The maximum absolute atomic E-state index is 13.3. The highest BCUT2D eigenvalue weighted by Crippen LogP contribution is 2.25. The molecule has 0 bridgehead atoms. The van der Waals surface area contributed by atoms with E-state index in [9.17, 15) is 4.39 Å². The average molecular weight is 331 g/mol. The lowest BCUT2D eigenvalue weighted by atomic mass is 10.2. The molecule has 22 heavy (non-hydrogen) atoms. The lowest BCUT2D eigenvalue weighted by Gasteiger charge is -2.00. The van der Waals surface area contributed by atoms with Gasteiger partial charge in [0.05, 0.1) is 16.8 Å². The van der Waals surface area contributed by atoms with E-state index < -0.39 is 0 Å². The van der Waals surface area contributed by atoms with E-state index in [1.54, 1.807) is 35.0 Å². The van der Waals surface area contributed by atoms with Crippen molar-refractivity contribution in [2.45, 2.75) is 6.92 Å². The fraction of sp³-hybridized carbons (Fsp3) is 0.125. The first-order valence-corrected chi connectivity index (χ1v) is 8.58. The van der Waals surface area contributed by atoms with Gasteiger partial charge in [0.2, 0.25) is 4.80 Å². The first-order chi connectivity index (χ1) is 10.8. The largest absolute Gasteiger partial charge is 0.258 e. The van der Waals surface area contributed by atoms with E-state index >= 15 is 0 Å². The Morgan fingerprint density at radius 1 is 1.23 bits per heavy atom. The quantitative estimate of drug-likeness (QED) is 0.641. The van der Waals surface area contributed by atoms with Crippen LogP contribution in [-0.4, -0.2) is 17.4 Å². The Balaban J connectivity index is 2.05. The zero-order chi connectivity index (χ0) is 15.4. The van der Waals surface area contributed by atoms with Gasteiger partial charge in [-0.1, -0.05) is 18.2 Å². The number of halogens is 1. The fourth-order valence-corrected chi connectivity index (χ4v) is 3.65. The fourth-order valence-electron chi connectivity index (χ4n) is 1.96. The first kappa shape index (κ1) is 14.9. The lowest BCUT2D eigenvalue weighted by molar-refractivity contribution is 0.627. The second kappa shape index (κ2) is 6.81. The Kier molecular flexibility index (Phi) is 4.60. The zero-order valence-electron chi connectivity index (χ0n) is 11.9. The predicted molar refractivity (Wildman–Crippen MR) is 91.1 cm³/mol. The van der Waals surface area contributed by atoms with E-state index in [1.165, 1.54) is 12.1 Å². The third kappa shape index (κ3) is 3.23. The van der Waals surface area contributed by atoms with Crippen LogP contribution in [0.4, 0.5) is 4.39 Å². The van der Waals surface area contributed by atoms with Crippen molar-refractivity contribution in [2.24, 2.45) is 10.1 Å². The summed E-state index contributed by atoms with van der Waals surface area (Å²) in [6.07, 6.45) is 1.65. The van der Waals surface area contributed by atoms with E-state index in [-0.39, 0.29) is 5.82 Å². The number of hydrogen-bond acceptors (Lipinski definition) is 4. The zero-order valence-corrected chi connectivity index (χ0v) is 13.6. The Morgan fingerprint density at radius 3 is 2.86 bits per heavy atom. The third-order valence-corrected chi connectivity index (χ3v) is 4.67. The molecule has 0 N–H and O–H groups in total. The van der Waals surface area contributed by atoms with Crippen LogP contribution in [0, 0.1) is 5.82 Å². The number of thiophene rings is 1. The lowest BCUT2D eigenvalue weighted by Crippen LogP contribution is -2.12. The number of benzene rings is 1. The summed E-state index contributed by atoms with van der Waals surface area (Å²) < 4.78 is 15.1. The molecule has 1 aromatic carbocycles. The molecule has 0 aliphatic rings. The molecule has 2 aromatic heterocycles. The third-order valence-electron chi connectivity index (χ3n) is 2.92. The first-order valence-electron chi connectivity index (χ1n) is 6.83. The second-order valence-electron chi connectivity index (χ2n) is 4.47. The molecule has 0 fully saturated rings. The molecule has 2 heterocycles. The Morgan fingerprint density at radius 2 is 2.14 bits per heavy atom. The van der Waals surface area contributed by atoms with Crippen LogP contribution in [0.1, 0.15) is 12.5 Å². The molecule has 0 saturated heterocycles. The highest BCUT2D eigenvalue weighted by molar-refractivity contribution is 7.14. The van der Waals surface area contributed by atoms with Crippen LogP contribution in [0.5, 0.6) is 0 Å². The highest BCUT2D eigenvalue weighted by atomic mass is 32.1. The normalized spacial score (nSPS) is 12.4. The van der Waals surface area contributed by atoms with Crippen LogP contribution >= 0.6 is 22.7 Å². The van der Waals surface area contributed by atoms with E-state index in [4.69, 9.17) is 0 Å². The van der Waals surface area contributed by atoms with E-state index in [0.29, 0.717) is 6.54 Å². The van der Waals surface area contributed by atoms with Crippen molar-refractivity contribution in [2.75, 3.05) is 6.54 Å². The van der Waals surface area contributed by atoms with Gasteiger partial charge in [0, 0.05) is 11.9 Å². The topological polar surface area (TPSA) is 29.6 Å². The molecule has 0 atom stereocenters. The minimum absolute atomic E-state index is 0.267. The molecule has 0 amide bonds. The summed E-state index contributed by atoms with van der Waals surface area (Å²) in [7, 11) is 0. The van der Waals surface area contributed by atoms with Gasteiger partial charge in [0.1, 0.15) is 5.82 Å². The maximum atomic E-state index is 13.3. The molecule has 0 unspecified atom stereocenters. The molecule has 3 nitrogen and oxygen atoms in total. The Bertz CT molecular complexity index is 844. The smallest absolute Gasteiger partial charge is 0.206 e. The number of hydrogen-bond donors (Lipinski definition) is 0. The predicted octanol–water partition coefficient (Wildman–Crippen LogP) is 4.22. The minimum atomic E-state index is -0.267. The van der Waals surface area contributed by atoms with Crippen molar-refractivity contribution in [3.8, 4) is 10.6 Å². The SMILES string of the molecule is CCN=c1scc(-c2cccs2)n1N=Cc1cccc(F)c1. The van der Waals surface area contributed by atoms with E-state index in [1.807, 2.05) is 34.5 Å². The van der Waals surface area contributed by atoms with Crippen molar-refractivity contribution in [3.05, 3.63) is 63.3 Å². The van der Waals surface area contributed by atoms with Gasteiger partial charge in [-0.3, -0.25) is 4.99 Å². The van der Waals surface area contributed by atoms with Crippen molar-refractivity contribution in [1.29, 1.82) is 0 Å². The summed E-state index contributed by atoms with van der Waals surface area (Å²) in [5, 5.41) is 8.58. The summed E-state index contributed by atoms with van der Waals surface area (Å²) >= 11 is 3.21. The summed E-state index contributed by atoms with van der Waals surface area (Å²) in [5.41, 5.74) is 1.72. The van der Waals surface area contributed by atoms with Gasteiger partial charge in [-0.05, 0) is 36.1 Å². The van der Waals surface area contributed by atoms with Gasteiger partial charge in [0.15, 0.2) is 0 Å². The molecule has 0 aliphatic carbocycles. The molecule has 6 heteroatoms. The van der Waals surface area contributed by atoms with Crippen molar-refractivity contribution >= 4 is 28.9 Å². The van der Waals surface area contributed by atoms with Crippen molar-refractivity contribution in [3.63, 3.8) is 0 Å². The van der Waals surface area contributed by atoms with Gasteiger partial charge in [-0.25, -0.2) is 9.07 Å². The summed E-state index contributed by atoms with van der Waals surface area (Å²) in [5.74, 6) is -0.267.